The lowest BCUT2D eigenvalue weighted by molar-refractivity contribution is 0.0708. The summed E-state index contributed by atoms with van der Waals surface area (Å²) in [6.07, 6.45) is 26.5. The second-order valence-electron chi connectivity index (χ2n) is 38.9. The highest BCUT2D eigenvalue weighted by Crippen LogP contribution is 2.53. The SMILES string of the molecule is CC1(C)CC2CN1c1nc(-n3ccc(OCCC(C4CC4)C4CC4)n3)ccc1C(=O)NS(=O)(=O)c1cccc(n1)NCCO2.CC1(C)CC2CN1c1nc(-n3ccc(OCCC(C4CC4)C4CC4)n3)ccc1C(=O)NS(=O)(=O)c1cccc(n1)NCCO2.CC1(C)CC2CN1c1nc(-n3ccc(OCCC(C4CC4)C4CC4)n3)ccc1C(=O)NS(=O)(=O)c1cccc(n1)NCCO2. The van der Waals surface area contributed by atoms with Crippen LogP contribution < -0.4 is 59.0 Å². The van der Waals surface area contributed by atoms with Crippen molar-refractivity contribution in [2.45, 2.75) is 207 Å². The molecule has 3 saturated heterocycles. The van der Waals surface area contributed by atoms with Crippen molar-refractivity contribution in [2.75, 3.05) is 110 Å². The van der Waals surface area contributed by atoms with E-state index in [2.05, 4.69) is 102 Å². The quantitative estimate of drug-likeness (QED) is 0.0389. The normalized spacial score (nSPS) is 22.8. The van der Waals surface area contributed by atoms with Gasteiger partial charge in [0.15, 0.2) is 32.5 Å². The van der Waals surface area contributed by atoms with Crippen molar-refractivity contribution in [3.8, 4) is 35.1 Å². The van der Waals surface area contributed by atoms with Crippen molar-refractivity contribution < 1.29 is 68.1 Å². The predicted molar refractivity (Wildman–Crippen MR) is 491 cm³/mol. The van der Waals surface area contributed by atoms with Gasteiger partial charge in [0.05, 0.1) is 74.6 Å². The topological polar surface area (TPSA) is 422 Å². The number of fused-ring (bicyclic) bond motifs is 18. The van der Waals surface area contributed by atoms with Crippen LogP contribution in [0.25, 0.3) is 17.5 Å². The number of hydrogen-bond acceptors (Lipinski definition) is 30. The fraction of sp³-hybridized carbons (Fsp3) is 0.548. The lowest BCUT2D eigenvalue weighted by Crippen LogP contribution is -2.41. The Labute approximate surface area is 769 Å². The van der Waals surface area contributed by atoms with Gasteiger partial charge in [-0.05, 0) is 283 Å². The first kappa shape index (κ1) is 90.1. The van der Waals surface area contributed by atoms with E-state index >= 15 is 0 Å². The van der Waals surface area contributed by atoms with Gasteiger partial charge in [-0.15, -0.1) is 15.3 Å². The number of carbonyl (C=O) groups is 3. The number of hydrogen-bond donors (Lipinski definition) is 6. The van der Waals surface area contributed by atoms with Crippen molar-refractivity contribution in [3.63, 3.8) is 0 Å². The van der Waals surface area contributed by atoms with Gasteiger partial charge in [0.25, 0.3) is 47.8 Å². The molecule has 3 amide bonds. The fourth-order valence-corrected chi connectivity index (χ4v) is 22.7. The van der Waals surface area contributed by atoms with Crippen molar-refractivity contribution >= 4 is 82.7 Å². The van der Waals surface area contributed by atoms with Gasteiger partial charge in [-0.2, -0.15) is 25.3 Å². The average molecular weight is 1870 g/mol. The zero-order valence-electron chi connectivity index (χ0n) is 75.3. The monoisotopic (exact) mass is 1860 g/mol. The first-order valence-electron chi connectivity index (χ1n) is 46.6. The third-order valence-corrected chi connectivity index (χ3v) is 31.1. The molecule has 9 aromatic heterocycles. The Hall–Kier alpha value is -11.1. The van der Waals surface area contributed by atoms with E-state index in [0.29, 0.717) is 168 Å². The lowest BCUT2D eigenvalue weighted by atomic mass is 9.95. The Balaban J connectivity index is 0.000000128. The molecule has 3 atom stereocenters. The van der Waals surface area contributed by atoms with Crippen molar-refractivity contribution in [1.29, 1.82) is 0 Å². The number of carbonyl (C=O) groups excluding carboxylic acids is 3. The molecule has 15 heterocycles. The number of nitrogens with one attached hydrogen (secondary N) is 6. The Morgan fingerprint density at radius 2 is 0.629 bits per heavy atom. The summed E-state index contributed by atoms with van der Waals surface area (Å²) < 4.78 is 127. The molecule has 9 fully saturated rings. The molecule has 6 saturated carbocycles. The van der Waals surface area contributed by atoms with E-state index in [9.17, 15) is 39.6 Å². The molecule has 132 heavy (non-hydrogen) atoms. The van der Waals surface area contributed by atoms with E-state index in [4.69, 9.17) is 43.4 Å². The zero-order valence-corrected chi connectivity index (χ0v) is 77.8. The minimum absolute atomic E-state index is 0.110. The molecule has 21 rings (SSSR count). The summed E-state index contributed by atoms with van der Waals surface area (Å²) in [7, 11) is -12.8. The first-order chi connectivity index (χ1) is 63.5. The maximum atomic E-state index is 13.6. The summed E-state index contributed by atoms with van der Waals surface area (Å²) in [4.78, 5) is 74.1. The molecule has 6 aliphatic carbocycles. The predicted octanol–water partition coefficient (Wildman–Crippen LogP) is 11.4. The number of ether oxygens (including phenoxy) is 6. The van der Waals surface area contributed by atoms with Crippen molar-refractivity contribution in [1.82, 2.24) is 73.4 Å². The summed E-state index contributed by atoms with van der Waals surface area (Å²) >= 11 is 0. The van der Waals surface area contributed by atoms with Crippen LogP contribution in [0.15, 0.2) is 143 Å². The minimum atomic E-state index is -4.25. The van der Waals surface area contributed by atoms with Gasteiger partial charge in [-0.3, -0.25) is 14.4 Å². The third kappa shape index (κ3) is 21.1. The minimum Gasteiger partial charge on any atom is -0.477 e. The summed E-state index contributed by atoms with van der Waals surface area (Å²) in [5.74, 6) is 10.4. The van der Waals surface area contributed by atoms with Crippen LogP contribution in [-0.2, 0) is 44.3 Å². The molecular weight excluding hydrogens is 1750 g/mol. The molecule has 6 aliphatic heterocycles. The van der Waals surface area contributed by atoms with Crippen LogP contribution in [-0.4, -0.2) is 216 Å². The molecule has 0 radical (unpaired) electrons. The highest BCUT2D eigenvalue weighted by molar-refractivity contribution is 7.90. The highest BCUT2D eigenvalue weighted by atomic mass is 32.2. The third-order valence-electron chi connectivity index (χ3n) is 27.4. The Kier molecular flexibility index (Phi) is 25.3. The Morgan fingerprint density at radius 1 is 0.364 bits per heavy atom. The Bertz CT molecular complexity index is 5490. The number of sulfonamides is 3. The van der Waals surface area contributed by atoms with Crippen LogP contribution >= 0.6 is 0 Å². The lowest BCUT2D eigenvalue weighted by Gasteiger charge is -2.33. The van der Waals surface area contributed by atoms with E-state index in [-0.39, 0.29) is 50.1 Å². The second kappa shape index (κ2) is 37.0. The highest BCUT2D eigenvalue weighted by Gasteiger charge is 2.48. The van der Waals surface area contributed by atoms with Crippen LogP contribution in [0.1, 0.15) is 188 Å². The molecule has 39 heteroatoms. The maximum absolute atomic E-state index is 13.6. The van der Waals surface area contributed by atoms with Crippen LogP contribution in [0.4, 0.5) is 34.9 Å². The largest absolute Gasteiger partial charge is 0.477 e. The van der Waals surface area contributed by atoms with Gasteiger partial charge in [-0.25, -0.2) is 58.1 Å². The van der Waals surface area contributed by atoms with E-state index < -0.39 is 64.4 Å². The summed E-state index contributed by atoms with van der Waals surface area (Å²) in [6.45, 7) is 18.3. The van der Waals surface area contributed by atoms with Crippen LogP contribution in [0.3, 0.4) is 0 Å². The molecule has 702 valence electrons. The standard InChI is InChI=1S/3C31H39N7O5S/c3*1-31(2)18-22-19-37(31)29-24(30(39)36-44(40,41)28-5-3-4-25(33-28)32-14-17-42-22)10-11-26(34-29)38-15-12-27(35-38)43-16-13-23(20-6-7-20)21-8-9-21/h3*3-5,10-12,15,20-23H,6-9,13-14,16-19H2,1-2H3,(H,32,33)(H,36,39). The van der Waals surface area contributed by atoms with Gasteiger partial charge in [0.2, 0.25) is 17.6 Å². The first-order valence-corrected chi connectivity index (χ1v) is 51.1. The van der Waals surface area contributed by atoms with Crippen molar-refractivity contribution in [3.05, 3.63) is 144 Å². The maximum Gasteiger partial charge on any atom is 0.281 e. The van der Waals surface area contributed by atoms with E-state index in [1.807, 2.05) is 32.9 Å². The number of anilines is 6. The molecule has 9 aromatic rings. The second-order valence-corrected chi connectivity index (χ2v) is 43.8. The van der Waals surface area contributed by atoms with Gasteiger partial charge >= 0.3 is 0 Å². The summed E-state index contributed by atoms with van der Waals surface area (Å²) in [6, 6.07) is 29.0. The molecular formula is C93H117N21O15S3. The molecule has 3 unspecified atom stereocenters. The molecule has 12 bridgehead atoms. The summed E-state index contributed by atoms with van der Waals surface area (Å²) in [5, 5.41) is 22.4. The van der Waals surface area contributed by atoms with Crippen LogP contribution in [0, 0.1) is 53.3 Å². The molecule has 6 N–H and O–H groups in total. The zero-order chi connectivity index (χ0) is 91.4. The van der Waals surface area contributed by atoms with Gasteiger partial charge in [0, 0.05) is 92.7 Å². The number of aromatic nitrogens is 12. The van der Waals surface area contributed by atoms with E-state index in [1.54, 1.807) is 105 Å². The van der Waals surface area contributed by atoms with Crippen molar-refractivity contribution in [2.24, 2.45) is 53.3 Å². The Morgan fingerprint density at radius 3 is 0.886 bits per heavy atom. The average Bonchev–Trinajstić information content (AvgIpc) is 1.60. The number of rotatable bonds is 21. The van der Waals surface area contributed by atoms with Crippen LogP contribution in [0.2, 0.25) is 0 Å². The number of pyridine rings is 6. The van der Waals surface area contributed by atoms with Gasteiger partial charge < -0.3 is 59.1 Å². The summed E-state index contributed by atoms with van der Waals surface area (Å²) in [5.41, 5.74) is -0.865. The molecule has 36 nitrogen and oxygen atoms in total. The fourth-order valence-electron chi connectivity index (χ4n) is 19.9. The van der Waals surface area contributed by atoms with E-state index in [1.165, 1.54) is 95.2 Å². The molecule has 0 spiro atoms. The molecule has 0 aromatic carbocycles. The van der Waals surface area contributed by atoms with Gasteiger partial charge in [0.1, 0.15) is 34.9 Å². The van der Waals surface area contributed by atoms with Gasteiger partial charge in [-0.1, -0.05) is 18.2 Å². The van der Waals surface area contributed by atoms with E-state index in [0.717, 1.165) is 72.5 Å². The number of nitrogens with zero attached hydrogens (tertiary/aromatic N) is 15. The van der Waals surface area contributed by atoms with Crippen LogP contribution in [0.5, 0.6) is 17.6 Å². The molecule has 12 aliphatic rings. The smallest absolute Gasteiger partial charge is 0.281 e. The number of amides is 3.